The fourth-order valence-corrected chi connectivity index (χ4v) is 3.22. The highest BCUT2D eigenvalue weighted by Gasteiger charge is 2.20. The van der Waals surface area contributed by atoms with E-state index in [1.165, 1.54) is 25.8 Å². The van der Waals surface area contributed by atoms with Gasteiger partial charge in [-0.15, -0.1) is 0 Å². The molecule has 4 heteroatoms. The summed E-state index contributed by atoms with van der Waals surface area (Å²) >= 11 is 3.61. The Morgan fingerprint density at radius 3 is 2.63 bits per heavy atom. The molecule has 1 saturated heterocycles. The van der Waals surface area contributed by atoms with Gasteiger partial charge in [0.15, 0.2) is 0 Å². The van der Waals surface area contributed by atoms with Crippen LogP contribution in [-0.2, 0) is 0 Å². The minimum Gasteiger partial charge on any atom is -0.497 e. The Labute approximate surface area is 124 Å². The number of hydrogen-bond acceptors (Lipinski definition) is 3. The van der Waals surface area contributed by atoms with E-state index in [0.29, 0.717) is 6.04 Å². The Morgan fingerprint density at radius 1 is 1.21 bits per heavy atom. The lowest BCUT2D eigenvalue weighted by Crippen LogP contribution is -2.42. The van der Waals surface area contributed by atoms with E-state index in [0.717, 1.165) is 30.0 Å². The van der Waals surface area contributed by atoms with Crippen LogP contribution in [0.2, 0.25) is 0 Å². The SMILES string of the molecule is COc1ccc(OCCN2CCCCC2CBr)cc1. The summed E-state index contributed by atoms with van der Waals surface area (Å²) in [7, 11) is 1.67. The molecule has 0 aromatic heterocycles. The third-order valence-electron chi connectivity index (χ3n) is 3.63. The standard InChI is InChI=1S/C15H22BrNO2/c1-18-14-5-7-15(8-6-14)19-11-10-17-9-3-2-4-13(17)12-16/h5-8,13H,2-4,9-12H2,1H3. The predicted octanol–water partition coefficient (Wildman–Crippen LogP) is 3.32. The van der Waals surface area contributed by atoms with E-state index in [9.17, 15) is 0 Å². The van der Waals surface area contributed by atoms with Crippen LogP contribution in [0.1, 0.15) is 19.3 Å². The van der Waals surface area contributed by atoms with Crippen molar-refractivity contribution >= 4 is 15.9 Å². The summed E-state index contributed by atoms with van der Waals surface area (Å²) in [4.78, 5) is 2.53. The third kappa shape index (κ3) is 4.39. The fraction of sp³-hybridized carbons (Fsp3) is 0.600. The number of methoxy groups -OCH3 is 1. The number of benzene rings is 1. The van der Waals surface area contributed by atoms with Crippen LogP contribution in [0.25, 0.3) is 0 Å². The number of alkyl halides is 1. The number of hydrogen-bond donors (Lipinski definition) is 0. The molecule has 1 aromatic rings. The monoisotopic (exact) mass is 327 g/mol. The molecule has 0 spiro atoms. The average Bonchev–Trinajstić information content (AvgIpc) is 2.48. The highest BCUT2D eigenvalue weighted by atomic mass is 79.9. The molecular weight excluding hydrogens is 306 g/mol. The zero-order valence-electron chi connectivity index (χ0n) is 11.5. The first-order valence-electron chi connectivity index (χ1n) is 6.90. The lowest BCUT2D eigenvalue weighted by atomic mass is 10.0. The molecule has 0 radical (unpaired) electrons. The first-order valence-corrected chi connectivity index (χ1v) is 8.02. The van der Waals surface area contributed by atoms with Gasteiger partial charge in [0.1, 0.15) is 18.1 Å². The second-order valence-electron chi connectivity index (χ2n) is 4.86. The molecule has 0 amide bonds. The molecule has 3 nitrogen and oxygen atoms in total. The van der Waals surface area contributed by atoms with Crippen LogP contribution in [-0.4, -0.2) is 43.1 Å². The first kappa shape index (κ1) is 14.7. The molecule has 0 saturated carbocycles. The van der Waals surface area contributed by atoms with Gasteiger partial charge < -0.3 is 9.47 Å². The van der Waals surface area contributed by atoms with Gasteiger partial charge in [-0.1, -0.05) is 22.4 Å². The number of nitrogens with zero attached hydrogens (tertiary/aromatic N) is 1. The van der Waals surface area contributed by atoms with E-state index in [1.807, 2.05) is 24.3 Å². The van der Waals surface area contributed by atoms with Crippen molar-refractivity contribution in [3.63, 3.8) is 0 Å². The molecule has 1 aliphatic rings. The molecular formula is C15H22BrNO2. The zero-order chi connectivity index (χ0) is 13.5. The van der Waals surface area contributed by atoms with Crippen molar-refractivity contribution in [3.8, 4) is 11.5 Å². The Bertz CT molecular complexity index is 369. The molecule has 1 heterocycles. The minimum absolute atomic E-state index is 0.674. The quantitative estimate of drug-likeness (QED) is 0.748. The van der Waals surface area contributed by atoms with E-state index >= 15 is 0 Å². The number of piperidine rings is 1. The summed E-state index contributed by atoms with van der Waals surface area (Å²) in [5.74, 6) is 1.77. The predicted molar refractivity (Wildman–Crippen MR) is 81.5 cm³/mol. The Morgan fingerprint density at radius 2 is 1.95 bits per heavy atom. The van der Waals surface area contributed by atoms with Crippen molar-refractivity contribution in [2.45, 2.75) is 25.3 Å². The summed E-state index contributed by atoms with van der Waals surface area (Å²) in [5, 5.41) is 1.07. The number of likely N-dealkylation sites (tertiary alicyclic amines) is 1. The largest absolute Gasteiger partial charge is 0.497 e. The lowest BCUT2D eigenvalue weighted by Gasteiger charge is -2.34. The van der Waals surface area contributed by atoms with E-state index in [1.54, 1.807) is 7.11 Å². The first-order chi connectivity index (χ1) is 9.33. The van der Waals surface area contributed by atoms with Gasteiger partial charge in [0.05, 0.1) is 7.11 Å². The highest BCUT2D eigenvalue weighted by Crippen LogP contribution is 2.19. The topological polar surface area (TPSA) is 21.7 Å². The van der Waals surface area contributed by atoms with Gasteiger partial charge in [-0.3, -0.25) is 4.90 Å². The van der Waals surface area contributed by atoms with Crippen molar-refractivity contribution < 1.29 is 9.47 Å². The Kier molecular flexibility index (Phi) is 5.98. The summed E-state index contributed by atoms with van der Waals surface area (Å²) < 4.78 is 10.9. The van der Waals surface area contributed by atoms with Crippen LogP contribution in [0.5, 0.6) is 11.5 Å². The smallest absolute Gasteiger partial charge is 0.119 e. The van der Waals surface area contributed by atoms with E-state index < -0.39 is 0 Å². The summed E-state index contributed by atoms with van der Waals surface area (Å²) in [6.45, 7) is 2.94. The normalized spacial score (nSPS) is 20.2. The van der Waals surface area contributed by atoms with Crippen LogP contribution in [0.3, 0.4) is 0 Å². The highest BCUT2D eigenvalue weighted by molar-refractivity contribution is 9.09. The van der Waals surface area contributed by atoms with Gasteiger partial charge >= 0.3 is 0 Å². The fourth-order valence-electron chi connectivity index (χ4n) is 2.48. The van der Waals surface area contributed by atoms with Crippen molar-refractivity contribution in [3.05, 3.63) is 24.3 Å². The average molecular weight is 328 g/mol. The molecule has 106 valence electrons. The number of ether oxygens (including phenoxy) is 2. The molecule has 0 N–H and O–H groups in total. The van der Waals surface area contributed by atoms with Gasteiger partial charge in [-0.25, -0.2) is 0 Å². The van der Waals surface area contributed by atoms with Crippen molar-refractivity contribution in [2.75, 3.05) is 32.1 Å². The minimum atomic E-state index is 0.674. The maximum Gasteiger partial charge on any atom is 0.119 e. The molecule has 1 aliphatic heterocycles. The number of rotatable bonds is 6. The second-order valence-corrected chi connectivity index (χ2v) is 5.51. The maximum absolute atomic E-state index is 5.79. The van der Waals surface area contributed by atoms with E-state index in [2.05, 4.69) is 20.8 Å². The molecule has 1 aromatic carbocycles. The summed E-state index contributed by atoms with van der Waals surface area (Å²) in [6.07, 6.45) is 3.96. The van der Waals surface area contributed by atoms with Crippen molar-refractivity contribution in [2.24, 2.45) is 0 Å². The Balaban J connectivity index is 1.75. The van der Waals surface area contributed by atoms with Gasteiger partial charge in [0.25, 0.3) is 0 Å². The van der Waals surface area contributed by atoms with Crippen LogP contribution < -0.4 is 9.47 Å². The molecule has 1 unspecified atom stereocenters. The summed E-state index contributed by atoms with van der Waals surface area (Å²) in [6, 6.07) is 8.44. The van der Waals surface area contributed by atoms with Gasteiger partial charge in [-0.2, -0.15) is 0 Å². The molecule has 2 rings (SSSR count). The lowest BCUT2D eigenvalue weighted by molar-refractivity contribution is 0.136. The van der Waals surface area contributed by atoms with Crippen molar-refractivity contribution in [1.82, 2.24) is 4.90 Å². The zero-order valence-corrected chi connectivity index (χ0v) is 13.1. The van der Waals surface area contributed by atoms with E-state index in [4.69, 9.17) is 9.47 Å². The molecule has 1 fully saturated rings. The van der Waals surface area contributed by atoms with Crippen LogP contribution in [0.15, 0.2) is 24.3 Å². The molecule has 0 aliphatic carbocycles. The maximum atomic E-state index is 5.79. The van der Waals surface area contributed by atoms with Gasteiger partial charge in [0, 0.05) is 17.9 Å². The van der Waals surface area contributed by atoms with Gasteiger partial charge in [0.2, 0.25) is 0 Å². The van der Waals surface area contributed by atoms with Crippen LogP contribution >= 0.6 is 15.9 Å². The third-order valence-corrected chi connectivity index (χ3v) is 4.38. The Hall–Kier alpha value is -0.740. The molecule has 19 heavy (non-hydrogen) atoms. The second kappa shape index (κ2) is 7.75. The number of halogens is 1. The van der Waals surface area contributed by atoms with Gasteiger partial charge in [-0.05, 0) is 43.7 Å². The van der Waals surface area contributed by atoms with Crippen molar-refractivity contribution in [1.29, 1.82) is 0 Å². The van der Waals surface area contributed by atoms with E-state index in [-0.39, 0.29) is 0 Å². The van der Waals surface area contributed by atoms with Crippen LogP contribution in [0, 0.1) is 0 Å². The molecule has 1 atom stereocenters. The molecule has 0 bridgehead atoms. The summed E-state index contributed by atoms with van der Waals surface area (Å²) in [5.41, 5.74) is 0. The van der Waals surface area contributed by atoms with Crippen LogP contribution in [0.4, 0.5) is 0 Å².